The largest absolute Gasteiger partial charge is 0.487 e. The molecule has 0 bridgehead atoms. The van der Waals surface area contributed by atoms with Crippen LogP contribution >= 0.6 is 0 Å². The zero-order valence-corrected chi connectivity index (χ0v) is 34.7. The van der Waals surface area contributed by atoms with Crippen molar-refractivity contribution in [3.63, 3.8) is 0 Å². The number of hydrogen-bond donors (Lipinski definition) is 1. The lowest BCUT2D eigenvalue weighted by molar-refractivity contribution is -0.152. The number of hydrogen-bond acceptors (Lipinski definition) is 11. The van der Waals surface area contributed by atoms with E-state index in [4.69, 9.17) is 23.7 Å². The molecular weight excluding hydrogens is 752 g/mol. The quantitative estimate of drug-likeness (QED) is 0.118. The summed E-state index contributed by atoms with van der Waals surface area (Å²) in [6.07, 6.45) is -1.45. The fourth-order valence-electron chi connectivity index (χ4n) is 5.57. The van der Waals surface area contributed by atoms with Gasteiger partial charge >= 0.3 is 34.5 Å². The van der Waals surface area contributed by atoms with Gasteiger partial charge < -0.3 is 28.6 Å². The second-order valence-corrected chi connectivity index (χ2v) is 17.6. The molecule has 0 unspecified atom stereocenters. The maximum atomic E-state index is 17.5. The standard InChI is InChI=1S/C39H55FN4O11S/c1-12-19-42(35(47)54-38(6,7)8)23-27-21-28-29(44(27)36(48)55-39(9,10)11)22-30(52-25-26-17-15-14-16-18-26)33(32(28)40)43(24-31(45)53-37(3,4)5)56(49,50)41-34(46)51-20-13-2/h13-18,22,27H,2,12,19-21,23-25H2,1,3-11H3,(H,41,46)/t27-/m1/s1. The van der Waals surface area contributed by atoms with Gasteiger partial charge in [0, 0.05) is 31.1 Å². The Morgan fingerprint density at radius 3 is 2.12 bits per heavy atom. The Kier molecular flexibility index (Phi) is 14.8. The lowest BCUT2D eigenvalue weighted by Gasteiger charge is -2.33. The summed E-state index contributed by atoms with van der Waals surface area (Å²) in [6, 6.07) is 9.02. The van der Waals surface area contributed by atoms with Gasteiger partial charge in [-0.3, -0.25) is 9.69 Å². The van der Waals surface area contributed by atoms with Crippen molar-refractivity contribution in [3.8, 4) is 5.75 Å². The molecule has 2 aromatic rings. The molecule has 1 aliphatic rings. The van der Waals surface area contributed by atoms with Gasteiger partial charge in [0.1, 0.15) is 48.0 Å². The van der Waals surface area contributed by atoms with E-state index in [9.17, 15) is 27.6 Å². The van der Waals surface area contributed by atoms with E-state index in [0.717, 1.165) is 0 Å². The van der Waals surface area contributed by atoms with E-state index < -0.39 is 81.1 Å². The highest BCUT2D eigenvalue weighted by atomic mass is 32.2. The molecule has 1 N–H and O–H groups in total. The second-order valence-electron chi connectivity index (χ2n) is 16.0. The van der Waals surface area contributed by atoms with Gasteiger partial charge in [0.15, 0.2) is 5.82 Å². The summed E-state index contributed by atoms with van der Waals surface area (Å²) in [7, 11) is -5.14. The molecule has 0 saturated heterocycles. The summed E-state index contributed by atoms with van der Waals surface area (Å²) in [5, 5.41) is 0. The molecule has 0 aromatic heterocycles. The van der Waals surface area contributed by atoms with E-state index in [-0.39, 0.29) is 44.0 Å². The average Bonchev–Trinajstić information content (AvgIpc) is 3.41. The number of nitrogens with zero attached hydrogens (tertiary/aromatic N) is 3. The number of benzene rings is 2. The number of halogens is 1. The van der Waals surface area contributed by atoms with Crippen LogP contribution < -0.4 is 18.7 Å². The minimum absolute atomic E-state index is 0.0258. The van der Waals surface area contributed by atoms with Crippen LogP contribution in [0.3, 0.4) is 0 Å². The summed E-state index contributed by atoms with van der Waals surface area (Å²) < 4.78 is 75.3. The average molecular weight is 807 g/mol. The molecule has 0 fully saturated rings. The van der Waals surface area contributed by atoms with E-state index in [0.29, 0.717) is 16.3 Å². The molecule has 0 aliphatic carbocycles. The Bertz CT molecular complexity index is 1850. The molecule has 1 atom stereocenters. The molecule has 0 spiro atoms. The SMILES string of the molecule is C=CCOC(=O)NS(=O)(=O)N(CC(=O)OC(C)(C)C)c1c(OCc2ccccc2)cc2c(c1F)C[C@H](CN(CCC)C(=O)OC(C)(C)C)N2C(=O)OC(C)(C)C. The zero-order chi connectivity index (χ0) is 42.2. The van der Waals surface area contributed by atoms with Gasteiger partial charge in [-0.15, -0.1) is 0 Å². The van der Waals surface area contributed by atoms with Crippen LogP contribution in [0.4, 0.5) is 30.1 Å². The van der Waals surface area contributed by atoms with Crippen LogP contribution in [0.1, 0.15) is 86.8 Å². The van der Waals surface area contributed by atoms with Crippen LogP contribution in [-0.4, -0.2) is 86.7 Å². The van der Waals surface area contributed by atoms with Crippen molar-refractivity contribution in [1.29, 1.82) is 0 Å². The van der Waals surface area contributed by atoms with Gasteiger partial charge in [0.05, 0.1) is 11.7 Å². The van der Waals surface area contributed by atoms with Crippen molar-refractivity contribution >= 4 is 45.8 Å². The van der Waals surface area contributed by atoms with Crippen molar-refractivity contribution in [2.24, 2.45) is 0 Å². The minimum Gasteiger partial charge on any atom is -0.487 e. The maximum absolute atomic E-state index is 17.5. The number of amides is 3. The second kappa shape index (κ2) is 18.3. The minimum atomic E-state index is -5.14. The lowest BCUT2D eigenvalue weighted by atomic mass is 10.1. The number of rotatable bonds is 14. The van der Waals surface area contributed by atoms with Gasteiger partial charge in [-0.05, 0) is 74.3 Å². The molecule has 3 rings (SSSR count). The van der Waals surface area contributed by atoms with Crippen molar-refractivity contribution in [2.45, 2.75) is 112 Å². The summed E-state index contributed by atoms with van der Waals surface area (Å²) >= 11 is 0. The first-order valence-electron chi connectivity index (χ1n) is 18.2. The maximum Gasteiger partial charge on any atom is 0.422 e. The van der Waals surface area contributed by atoms with E-state index in [2.05, 4.69) is 6.58 Å². The topological polar surface area (TPSA) is 170 Å². The number of anilines is 2. The van der Waals surface area contributed by atoms with Crippen LogP contribution in [0.15, 0.2) is 49.1 Å². The predicted molar refractivity (Wildman–Crippen MR) is 208 cm³/mol. The fourth-order valence-corrected chi connectivity index (χ4v) is 6.63. The number of fused-ring (bicyclic) bond motifs is 1. The van der Waals surface area contributed by atoms with Gasteiger partial charge in [-0.1, -0.05) is 49.9 Å². The Morgan fingerprint density at radius 1 is 0.964 bits per heavy atom. The molecule has 56 heavy (non-hydrogen) atoms. The molecule has 15 nitrogen and oxygen atoms in total. The number of carbonyl (C=O) groups is 4. The molecule has 3 amide bonds. The Morgan fingerprint density at radius 2 is 1.57 bits per heavy atom. The van der Waals surface area contributed by atoms with Gasteiger partial charge in [0.2, 0.25) is 0 Å². The summed E-state index contributed by atoms with van der Waals surface area (Å²) in [4.78, 5) is 55.9. The Hall–Kier alpha value is -5.06. The molecule has 1 heterocycles. The summed E-state index contributed by atoms with van der Waals surface area (Å²) in [6.45, 7) is 18.5. The number of carbonyl (C=O) groups excluding carboxylic acids is 4. The molecule has 0 saturated carbocycles. The van der Waals surface area contributed by atoms with Gasteiger partial charge in [-0.25, -0.2) is 27.8 Å². The fraction of sp³-hybridized carbons (Fsp3) is 0.538. The molecule has 310 valence electrons. The monoisotopic (exact) mass is 806 g/mol. The summed E-state index contributed by atoms with van der Waals surface area (Å²) in [5.74, 6) is -2.68. The third kappa shape index (κ3) is 13.0. The predicted octanol–water partition coefficient (Wildman–Crippen LogP) is 7.02. The van der Waals surface area contributed by atoms with Crippen LogP contribution in [-0.2, 0) is 47.0 Å². The number of esters is 1. The highest BCUT2D eigenvalue weighted by Crippen LogP contribution is 2.46. The highest BCUT2D eigenvalue weighted by Gasteiger charge is 2.44. The van der Waals surface area contributed by atoms with Gasteiger partial charge in [0.25, 0.3) is 0 Å². The molecule has 2 aromatic carbocycles. The van der Waals surface area contributed by atoms with E-state index in [1.54, 1.807) is 97.4 Å². The smallest absolute Gasteiger partial charge is 0.422 e. The van der Waals surface area contributed by atoms with Crippen molar-refractivity contribution < 1.29 is 55.7 Å². The van der Waals surface area contributed by atoms with E-state index >= 15 is 4.39 Å². The highest BCUT2D eigenvalue weighted by molar-refractivity contribution is 7.91. The normalized spacial score (nSPS) is 14.3. The van der Waals surface area contributed by atoms with Crippen LogP contribution in [0.25, 0.3) is 0 Å². The Balaban J connectivity index is 2.33. The van der Waals surface area contributed by atoms with Crippen molar-refractivity contribution in [3.05, 3.63) is 66.0 Å². The molecule has 0 radical (unpaired) electrons. The van der Waals surface area contributed by atoms with Gasteiger partial charge in [-0.2, -0.15) is 8.42 Å². The number of nitrogens with one attached hydrogen (secondary N) is 1. The van der Waals surface area contributed by atoms with E-state index in [1.807, 2.05) is 6.92 Å². The molecule has 1 aliphatic heterocycles. The zero-order valence-electron chi connectivity index (χ0n) is 33.9. The van der Waals surface area contributed by atoms with Crippen LogP contribution in [0.5, 0.6) is 5.75 Å². The first kappa shape index (κ1) is 45.3. The third-order valence-electron chi connectivity index (χ3n) is 7.53. The molecular formula is C39H55FN4O11S. The van der Waals surface area contributed by atoms with Crippen LogP contribution in [0, 0.1) is 5.82 Å². The molecule has 17 heteroatoms. The van der Waals surface area contributed by atoms with E-state index in [1.165, 1.54) is 21.9 Å². The Labute approximate surface area is 329 Å². The van der Waals surface area contributed by atoms with Crippen molar-refractivity contribution in [1.82, 2.24) is 9.62 Å². The third-order valence-corrected chi connectivity index (χ3v) is 8.84. The van der Waals surface area contributed by atoms with Crippen LogP contribution in [0.2, 0.25) is 0 Å². The lowest BCUT2D eigenvalue weighted by Crippen LogP contribution is -2.49. The number of ether oxygens (including phenoxy) is 5. The first-order chi connectivity index (χ1) is 25.9. The van der Waals surface area contributed by atoms with Crippen molar-refractivity contribution in [2.75, 3.05) is 35.4 Å². The summed E-state index contributed by atoms with van der Waals surface area (Å²) in [5.41, 5.74) is -3.23. The first-order valence-corrected chi connectivity index (χ1v) is 19.6.